The van der Waals surface area contributed by atoms with Crippen molar-refractivity contribution >= 4 is 27.5 Å². The van der Waals surface area contributed by atoms with Gasteiger partial charge in [0.1, 0.15) is 11.5 Å². The van der Waals surface area contributed by atoms with Gasteiger partial charge < -0.3 is 20.1 Å². The summed E-state index contributed by atoms with van der Waals surface area (Å²) in [5, 5.41) is 5.30. The minimum atomic E-state index is -3.72. The molecule has 168 valence electrons. The number of hydrogen-bond donors (Lipinski definition) is 3. The molecule has 3 N–H and O–H groups in total. The van der Waals surface area contributed by atoms with Crippen molar-refractivity contribution in [2.24, 2.45) is 0 Å². The fourth-order valence-corrected chi connectivity index (χ4v) is 3.55. The minimum Gasteiger partial charge on any atom is -0.494 e. The Morgan fingerprint density at radius 1 is 0.871 bits per heavy atom. The number of sulfonamides is 1. The van der Waals surface area contributed by atoms with Crippen LogP contribution in [-0.4, -0.2) is 46.5 Å². The molecule has 0 atom stereocenters. The largest absolute Gasteiger partial charge is 0.494 e. The zero-order valence-corrected chi connectivity index (χ0v) is 18.3. The summed E-state index contributed by atoms with van der Waals surface area (Å²) in [5.74, 6) is 0.520. The Hall–Kier alpha value is -3.11. The summed E-state index contributed by atoms with van der Waals surface area (Å²) in [4.78, 5) is 23.6. The first-order valence-electron chi connectivity index (χ1n) is 9.86. The summed E-state index contributed by atoms with van der Waals surface area (Å²) in [6.07, 6.45) is -0.0360. The second kappa shape index (κ2) is 11.9. The van der Waals surface area contributed by atoms with Gasteiger partial charge in [-0.3, -0.25) is 9.59 Å². The van der Waals surface area contributed by atoms with E-state index in [0.29, 0.717) is 30.3 Å². The zero-order chi connectivity index (χ0) is 22.7. The molecule has 0 aliphatic heterocycles. The van der Waals surface area contributed by atoms with Gasteiger partial charge in [-0.05, 0) is 62.4 Å². The maximum atomic E-state index is 12.3. The third kappa shape index (κ3) is 8.27. The van der Waals surface area contributed by atoms with Gasteiger partial charge in [0, 0.05) is 25.2 Å². The van der Waals surface area contributed by atoms with Gasteiger partial charge in [-0.25, -0.2) is 13.1 Å². The number of anilines is 1. The fraction of sp³-hybridized carbons (Fsp3) is 0.333. The molecule has 0 aliphatic carbocycles. The maximum absolute atomic E-state index is 12.3. The van der Waals surface area contributed by atoms with E-state index in [-0.39, 0.29) is 36.3 Å². The smallest absolute Gasteiger partial charge is 0.257 e. The zero-order valence-electron chi connectivity index (χ0n) is 17.5. The molecular formula is C21H27N3O6S. The molecule has 0 saturated heterocycles. The van der Waals surface area contributed by atoms with Crippen molar-refractivity contribution in [3.63, 3.8) is 0 Å². The Labute approximate surface area is 182 Å². The molecule has 2 amide bonds. The Balaban J connectivity index is 1.77. The molecule has 10 heteroatoms. The van der Waals surface area contributed by atoms with E-state index in [1.165, 1.54) is 12.1 Å². The molecule has 0 aliphatic rings. The van der Waals surface area contributed by atoms with Crippen LogP contribution < -0.4 is 24.8 Å². The topological polar surface area (TPSA) is 123 Å². The van der Waals surface area contributed by atoms with Gasteiger partial charge in [-0.15, -0.1) is 0 Å². The van der Waals surface area contributed by atoms with Crippen LogP contribution in [0, 0.1) is 0 Å². The Bertz CT molecular complexity index is 960. The van der Waals surface area contributed by atoms with E-state index in [9.17, 15) is 18.0 Å². The van der Waals surface area contributed by atoms with Crippen LogP contribution in [0.4, 0.5) is 5.69 Å². The van der Waals surface area contributed by atoms with Gasteiger partial charge in [-0.1, -0.05) is 0 Å². The van der Waals surface area contributed by atoms with Gasteiger partial charge in [0.25, 0.3) is 5.91 Å². The molecule has 2 aromatic carbocycles. The highest BCUT2D eigenvalue weighted by Gasteiger charge is 2.14. The highest BCUT2D eigenvalue weighted by molar-refractivity contribution is 7.89. The lowest BCUT2D eigenvalue weighted by atomic mass is 10.3. The highest BCUT2D eigenvalue weighted by Crippen LogP contribution is 2.17. The van der Waals surface area contributed by atoms with Crippen molar-refractivity contribution in [2.45, 2.75) is 25.2 Å². The first-order valence-corrected chi connectivity index (χ1v) is 11.3. The van der Waals surface area contributed by atoms with Crippen molar-refractivity contribution in [2.75, 3.05) is 31.6 Å². The lowest BCUT2D eigenvalue weighted by Crippen LogP contribution is -2.28. The Kier molecular flexibility index (Phi) is 9.29. The predicted molar refractivity (Wildman–Crippen MR) is 117 cm³/mol. The summed E-state index contributed by atoms with van der Waals surface area (Å²) in [6, 6.07) is 12.6. The van der Waals surface area contributed by atoms with E-state index in [1.807, 2.05) is 13.8 Å². The minimum absolute atomic E-state index is 0.0360. The lowest BCUT2D eigenvalue weighted by molar-refractivity contribution is -0.123. The summed E-state index contributed by atoms with van der Waals surface area (Å²) in [7, 11) is -3.72. The van der Waals surface area contributed by atoms with Crippen molar-refractivity contribution < 1.29 is 27.5 Å². The molecule has 0 radical (unpaired) electrons. The number of carbonyl (C=O) groups is 2. The van der Waals surface area contributed by atoms with Gasteiger partial charge in [0.2, 0.25) is 15.9 Å². The molecular weight excluding hydrogens is 422 g/mol. The fourth-order valence-electron chi connectivity index (χ4n) is 2.52. The molecule has 0 saturated carbocycles. The second-order valence-electron chi connectivity index (χ2n) is 6.37. The molecule has 9 nitrogen and oxygen atoms in total. The second-order valence-corrected chi connectivity index (χ2v) is 8.13. The van der Waals surface area contributed by atoms with Crippen LogP contribution >= 0.6 is 0 Å². The quantitative estimate of drug-likeness (QED) is 0.455. The number of likely N-dealkylation sites (N-methyl/N-ethyl adjacent to an activating group) is 1. The molecule has 0 heterocycles. The number of rotatable bonds is 12. The number of benzene rings is 2. The molecule has 2 aromatic rings. The third-order valence-corrected chi connectivity index (χ3v) is 5.45. The Morgan fingerprint density at radius 3 is 2.10 bits per heavy atom. The van der Waals surface area contributed by atoms with Crippen LogP contribution in [0.15, 0.2) is 53.4 Å². The number of nitrogens with one attached hydrogen (secondary N) is 3. The number of carbonyl (C=O) groups excluding carboxylic acids is 2. The molecule has 0 unspecified atom stereocenters. The average Bonchev–Trinajstić information content (AvgIpc) is 2.74. The molecule has 0 aromatic heterocycles. The number of hydrogen-bond acceptors (Lipinski definition) is 6. The normalized spacial score (nSPS) is 10.9. The van der Waals surface area contributed by atoms with Gasteiger partial charge in [0.05, 0.1) is 11.5 Å². The van der Waals surface area contributed by atoms with Crippen LogP contribution in [0.25, 0.3) is 0 Å². The Morgan fingerprint density at radius 2 is 1.48 bits per heavy atom. The monoisotopic (exact) mass is 449 g/mol. The summed E-state index contributed by atoms with van der Waals surface area (Å²) >= 11 is 0. The van der Waals surface area contributed by atoms with Gasteiger partial charge >= 0.3 is 0 Å². The first kappa shape index (κ1) is 24.2. The number of amides is 2. The molecule has 2 rings (SSSR count). The predicted octanol–water partition coefficient (Wildman–Crippen LogP) is 1.91. The van der Waals surface area contributed by atoms with E-state index in [0.717, 1.165) is 0 Å². The van der Waals surface area contributed by atoms with Gasteiger partial charge in [-0.2, -0.15) is 0 Å². The van der Waals surface area contributed by atoms with Gasteiger partial charge in [0.15, 0.2) is 6.61 Å². The summed E-state index contributed by atoms with van der Waals surface area (Å²) in [6.45, 7) is 4.55. The van der Waals surface area contributed by atoms with E-state index in [4.69, 9.17) is 9.47 Å². The maximum Gasteiger partial charge on any atom is 0.257 e. The molecule has 0 fully saturated rings. The van der Waals surface area contributed by atoms with E-state index >= 15 is 0 Å². The molecule has 31 heavy (non-hydrogen) atoms. The van der Waals surface area contributed by atoms with E-state index in [2.05, 4.69) is 15.4 Å². The van der Waals surface area contributed by atoms with Crippen molar-refractivity contribution in [3.05, 3.63) is 48.5 Å². The molecule has 0 bridgehead atoms. The van der Waals surface area contributed by atoms with Crippen molar-refractivity contribution in [1.82, 2.24) is 10.0 Å². The van der Waals surface area contributed by atoms with E-state index in [1.54, 1.807) is 36.4 Å². The first-order chi connectivity index (χ1) is 14.8. The summed E-state index contributed by atoms with van der Waals surface area (Å²) in [5.41, 5.74) is 0.532. The summed E-state index contributed by atoms with van der Waals surface area (Å²) < 4.78 is 37.6. The van der Waals surface area contributed by atoms with Crippen LogP contribution in [-0.2, 0) is 19.6 Å². The van der Waals surface area contributed by atoms with Crippen LogP contribution in [0.3, 0.4) is 0 Å². The number of ether oxygens (including phenoxy) is 2. The van der Waals surface area contributed by atoms with E-state index < -0.39 is 10.0 Å². The lowest BCUT2D eigenvalue weighted by Gasteiger charge is -2.10. The van der Waals surface area contributed by atoms with Crippen LogP contribution in [0.1, 0.15) is 20.3 Å². The SMILES string of the molecule is CCNC(=O)COc1ccc(NC(=O)CCNS(=O)(=O)c2ccc(OCC)cc2)cc1. The average molecular weight is 450 g/mol. The highest BCUT2D eigenvalue weighted by atomic mass is 32.2. The van der Waals surface area contributed by atoms with Crippen LogP contribution in [0.2, 0.25) is 0 Å². The van der Waals surface area contributed by atoms with Crippen LogP contribution in [0.5, 0.6) is 11.5 Å². The standard InChI is InChI=1S/C21H27N3O6S/c1-3-22-21(26)15-30-18-7-5-16(6-8-18)24-20(25)13-14-23-31(27,28)19-11-9-17(10-12-19)29-4-2/h5-12,23H,3-4,13-15H2,1-2H3,(H,22,26)(H,24,25). The van der Waals surface area contributed by atoms with Crippen molar-refractivity contribution in [1.29, 1.82) is 0 Å². The molecule has 0 spiro atoms. The van der Waals surface area contributed by atoms with Crippen molar-refractivity contribution in [3.8, 4) is 11.5 Å². The third-order valence-electron chi connectivity index (χ3n) is 3.97.